The summed E-state index contributed by atoms with van der Waals surface area (Å²) < 4.78 is 43.0. The zero-order chi connectivity index (χ0) is 26.4. The molecule has 0 heterocycles. The Hall–Kier alpha value is -3.98. The highest BCUT2D eigenvalue weighted by atomic mass is 19.1. The van der Waals surface area contributed by atoms with E-state index in [2.05, 4.69) is 0 Å². The van der Waals surface area contributed by atoms with Gasteiger partial charge in [0.15, 0.2) is 6.61 Å². The van der Waals surface area contributed by atoms with E-state index in [4.69, 9.17) is 14.2 Å². The van der Waals surface area contributed by atoms with Crippen molar-refractivity contribution in [3.63, 3.8) is 0 Å². The number of amides is 1. The van der Waals surface area contributed by atoms with Crippen molar-refractivity contribution in [1.82, 2.24) is 0 Å². The first-order valence-corrected chi connectivity index (χ1v) is 11.9. The number of nitrogens with zero attached hydrogens (tertiary/aromatic N) is 1. The zero-order valence-electron chi connectivity index (χ0n) is 20.3. The van der Waals surface area contributed by atoms with Crippen LogP contribution in [-0.2, 0) is 27.1 Å². The molecule has 9 heteroatoms. The minimum atomic E-state index is -1.33. The standard InChI is InChI=1S/C28H27F2NO6/c1-2-35-26(32)17-36-25-5-3-4-19-16-28(34,15-14-24(19)25)18-37-27(33)31(22-10-6-20(29)7-11-22)23-12-8-21(30)9-13-23/h3-13,34H,2,14-18H2,1H3. The predicted molar refractivity (Wildman–Crippen MR) is 132 cm³/mol. The molecule has 1 amide bonds. The molecule has 0 radical (unpaired) electrons. The largest absolute Gasteiger partial charge is 0.482 e. The van der Waals surface area contributed by atoms with Crippen LogP contribution in [0, 0.1) is 11.6 Å². The van der Waals surface area contributed by atoms with Crippen LogP contribution in [0.5, 0.6) is 5.75 Å². The summed E-state index contributed by atoms with van der Waals surface area (Å²) in [5, 5.41) is 11.2. The zero-order valence-corrected chi connectivity index (χ0v) is 20.3. The van der Waals surface area contributed by atoms with Gasteiger partial charge in [-0.05, 0) is 85.5 Å². The Kier molecular flexibility index (Phi) is 8.03. The van der Waals surface area contributed by atoms with Crippen molar-refractivity contribution in [1.29, 1.82) is 0 Å². The van der Waals surface area contributed by atoms with Crippen molar-refractivity contribution in [3.05, 3.63) is 89.5 Å². The average molecular weight is 512 g/mol. The van der Waals surface area contributed by atoms with Gasteiger partial charge in [-0.25, -0.2) is 23.3 Å². The number of carbonyl (C=O) groups excluding carboxylic acids is 2. The fourth-order valence-corrected chi connectivity index (χ4v) is 4.26. The number of carbonyl (C=O) groups is 2. The van der Waals surface area contributed by atoms with E-state index in [9.17, 15) is 23.5 Å². The molecule has 37 heavy (non-hydrogen) atoms. The van der Waals surface area contributed by atoms with E-state index in [1.54, 1.807) is 19.1 Å². The number of rotatable bonds is 8. The fraction of sp³-hybridized carbons (Fsp3) is 0.286. The molecular weight excluding hydrogens is 484 g/mol. The molecule has 0 spiro atoms. The van der Waals surface area contributed by atoms with Gasteiger partial charge in [-0.2, -0.15) is 0 Å². The molecule has 194 valence electrons. The lowest BCUT2D eigenvalue weighted by Gasteiger charge is -2.34. The third kappa shape index (κ3) is 6.42. The summed E-state index contributed by atoms with van der Waals surface area (Å²) in [6.45, 7) is 1.47. The predicted octanol–water partition coefficient (Wildman–Crippen LogP) is 5.10. The Bertz CT molecular complexity index is 1200. The lowest BCUT2D eigenvalue weighted by atomic mass is 9.80. The number of aliphatic hydroxyl groups is 1. The van der Waals surface area contributed by atoms with Crippen LogP contribution < -0.4 is 9.64 Å². The number of ether oxygens (including phenoxy) is 3. The molecule has 3 aromatic carbocycles. The van der Waals surface area contributed by atoms with E-state index in [1.165, 1.54) is 53.4 Å². The molecule has 1 N–H and O–H groups in total. The van der Waals surface area contributed by atoms with E-state index in [0.717, 1.165) is 11.1 Å². The van der Waals surface area contributed by atoms with Crippen LogP contribution in [0.15, 0.2) is 66.7 Å². The van der Waals surface area contributed by atoms with Gasteiger partial charge in [0.05, 0.1) is 18.0 Å². The molecule has 1 aliphatic carbocycles. The first kappa shape index (κ1) is 26.1. The van der Waals surface area contributed by atoms with E-state index >= 15 is 0 Å². The molecule has 0 aliphatic heterocycles. The summed E-state index contributed by atoms with van der Waals surface area (Å²) in [6, 6.07) is 15.8. The van der Waals surface area contributed by atoms with Crippen molar-refractivity contribution in [3.8, 4) is 5.75 Å². The molecule has 0 saturated heterocycles. The third-order valence-corrected chi connectivity index (χ3v) is 6.06. The van der Waals surface area contributed by atoms with Crippen LogP contribution in [0.4, 0.5) is 25.0 Å². The number of halogens is 2. The molecule has 7 nitrogen and oxygen atoms in total. The van der Waals surface area contributed by atoms with E-state index in [-0.39, 0.29) is 26.2 Å². The number of anilines is 2. The van der Waals surface area contributed by atoms with Gasteiger partial charge in [0.2, 0.25) is 0 Å². The molecule has 3 aromatic rings. The van der Waals surface area contributed by atoms with E-state index in [0.29, 0.717) is 30.0 Å². The van der Waals surface area contributed by atoms with Gasteiger partial charge in [0.25, 0.3) is 0 Å². The summed E-state index contributed by atoms with van der Waals surface area (Å²) in [5.41, 5.74) is 1.01. The number of esters is 1. The van der Waals surface area contributed by atoms with Crippen LogP contribution in [0.1, 0.15) is 24.5 Å². The topological polar surface area (TPSA) is 85.3 Å². The molecule has 0 fully saturated rings. The smallest absolute Gasteiger partial charge is 0.419 e. The monoisotopic (exact) mass is 511 g/mol. The second-order valence-electron chi connectivity index (χ2n) is 8.73. The van der Waals surface area contributed by atoms with Gasteiger partial charge in [-0.15, -0.1) is 0 Å². The van der Waals surface area contributed by atoms with Gasteiger partial charge < -0.3 is 19.3 Å². The number of benzene rings is 3. The first-order chi connectivity index (χ1) is 17.8. The normalized spacial score (nSPS) is 16.4. The van der Waals surface area contributed by atoms with Gasteiger partial charge in [0.1, 0.15) is 29.6 Å². The molecule has 1 aliphatic rings. The maximum Gasteiger partial charge on any atom is 0.419 e. The lowest BCUT2D eigenvalue weighted by Crippen LogP contribution is -2.42. The van der Waals surface area contributed by atoms with Crippen molar-refractivity contribution in [2.24, 2.45) is 0 Å². The lowest BCUT2D eigenvalue weighted by molar-refractivity contribution is -0.145. The number of fused-ring (bicyclic) bond motifs is 1. The minimum Gasteiger partial charge on any atom is -0.482 e. The highest BCUT2D eigenvalue weighted by Gasteiger charge is 2.35. The van der Waals surface area contributed by atoms with Crippen molar-refractivity contribution in [2.75, 3.05) is 24.7 Å². The highest BCUT2D eigenvalue weighted by molar-refractivity contribution is 5.95. The number of hydrogen-bond acceptors (Lipinski definition) is 6. The molecule has 0 bridgehead atoms. The minimum absolute atomic E-state index is 0.208. The Labute approximate surface area is 213 Å². The Morgan fingerprint density at radius 3 is 2.16 bits per heavy atom. The summed E-state index contributed by atoms with van der Waals surface area (Å²) in [5.74, 6) is -0.872. The SMILES string of the molecule is CCOC(=O)COc1cccc2c1CCC(O)(COC(=O)N(c1ccc(F)cc1)c1ccc(F)cc1)C2. The molecule has 0 aromatic heterocycles. The average Bonchev–Trinajstić information content (AvgIpc) is 2.88. The Morgan fingerprint density at radius 1 is 0.946 bits per heavy atom. The second kappa shape index (κ2) is 11.4. The van der Waals surface area contributed by atoms with Crippen LogP contribution in [0.3, 0.4) is 0 Å². The van der Waals surface area contributed by atoms with Gasteiger partial charge in [-0.3, -0.25) is 0 Å². The highest BCUT2D eigenvalue weighted by Crippen LogP contribution is 2.35. The van der Waals surface area contributed by atoms with Gasteiger partial charge in [-0.1, -0.05) is 12.1 Å². The van der Waals surface area contributed by atoms with Crippen LogP contribution in [-0.4, -0.2) is 42.6 Å². The summed E-state index contributed by atoms with van der Waals surface area (Å²) in [4.78, 5) is 26.0. The third-order valence-electron chi connectivity index (χ3n) is 6.06. The van der Waals surface area contributed by atoms with Gasteiger partial charge in [0, 0.05) is 6.42 Å². The summed E-state index contributed by atoms with van der Waals surface area (Å²) in [7, 11) is 0. The van der Waals surface area contributed by atoms with Crippen molar-refractivity contribution < 1.29 is 37.7 Å². The molecule has 1 atom stereocenters. The Morgan fingerprint density at radius 2 is 1.57 bits per heavy atom. The maximum atomic E-state index is 13.5. The van der Waals surface area contributed by atoms with E-state index in [1.807, 2.05) is 6.07 Å². The van der Waals surface area contributed by atoms with E-state index < -0.39 is 29.3 Å². The van der Waals surface area contributed by atoms with Crippen LogP contribution in [0.25, 0.3) is 0 Å². The first-order valence-electron chi connectivity index (χ1n) is 11.9. The van der Waals surface area contributed by atoms with Gasteiger partial charge >= 0.3 is 12.1 Å². The van der Waals surface area contributed by atoms with Crippen LogP contribution >= 0.6 is 0 Å². The summed E-state index contributed by atoms with van der Waals surface area (Å²) in [6.07, 6.45) is 0.144. The molecular formula is C28H27F2NO6. The maximum absolute atomic E-state index is 13.5. The molecule has 1 unspecified atom stereocenters. The Balaban J connectivity index is 1.46. The second-order valence-corrected chi connectivity index (χ2v) is 8.73. The summed E-state index contributed by atoms with van der Waals surface area (Å²) >= 11 is 0. The molecule has 4 rings (SSSR count). The van der Waals surface area contributed by atoms with Crippen molar-refractivity contribution in [2.45, 2.75) is 31.8 Å². The quantitative estimate of drug-likeness (QED) is 0.424. The molecule has 0 saturated carbocycles. The van der Waals surface area contributed by atoms with Crippen LogP contribution in [0.2, 0.25) is 0 Å². The number of hydrogen-bond donors (Lipinski definition) is 1. The fourth-order valence-electron chi connectivity index (χ4n) is 4.26. The van der Waals surface area contributed by atoms with Crippen molar-refractivity contribution >= 4 is 23.4 Å².